The van der Waals surface area contributed by atoms with Crippen LogP contribution in [0.25, 0.3) is 16.9 Å². The minimum absolute atomic E-state index is 0.0267. The van der Waals surface area contributed by atoms with Gasteiger partial charge in [-0.3, -0.25) is 14.5 Å². The number of hydrogen-bond donors (Lipinski definition) is 1. The topological polar surface area (TPSA) is 86.5 Å². The van der Waals surface area contributed by atoms with Crippen LogP contribution >= 0.6 is 11.6 Å². The molecule has 35 heavy (non-hydrogen) atoms. The molecule has 4 rings (SSSR count). The molecular weight excluding hydrogens is 504 g/mol. The van der Waals surface area contributed by atoms with Crippen molar-refractivity contribution < 1.29 is 31.1 Å². The maximum absolute atomic E-state index is 13.1. The number of methoxy groups -OCH3 is 1. The second-order valence-electron chi connectivity index (χ2n) is 7.49. The van der Waals surface area contributed by atoms with Crippen molar-refractivity contribution in [2.24, 2.45) is 0 Å². The lowest BCUT2D eigenvalue weighted by atomic mass is 10.1. The Bertz CT molecular complexity index is 1440. The van der Waals surface area contributed by atoms with E-state index < -0.39 is 36.3 Å². The Morgan fingerprint density at radius 1 is 1.11 bits per heavy atom. The third kappa shape index (κ3) is 4.70. The zero-order chi connectivity index (χ0) is 25.7. The molecule has 1 unspecified atom stereocenters. The van der Waals surface area contributed by atoms with E-state index in [0.717, 1.165) is 21.5 Å². The van der Waals surface area contributed by atoms with E-state index in [1.807, 2.05) is 0 Å². The lowest BCUT2D eigenvalue weighted by molar-refractivity contribution is -0.141. The maximum Gasteiger partial charge on any atom is 0.435 e. The fraction of sp³-hybridized carbons (Fsp3) is 0.300. The van der Waals surface area contributed by atoms with Gasteiger partial charge in [0.25, 0.3) is 0 Å². The highest BCUT2D eigenvalue weighted by Gasteiger charge is 2.35. The number of hydrogen-bond acceptors (Lipinski definition) is 5. The average molecular weight is 520 g/mol. The predicted octanol–water partition coefficient (Wildman–Crippen LogP) is 4.75. The fourth-order valence-electron chi connectivity index (χ4n) is 3.64. The number of alkyl halides is 6. The molecule has 3 heterocycles. The van der Waals surface area contributed by atoms with Crippen LogP contribution in [0.5, 0.6) is 5.88 Å². The van der Waals surface area contributed by atoms with Crippen LogP contribution in [-0.2, 0) is 12.7 Å². The highest BCUT2D eigenvalue weighted by Crippen LogP contribution is 2.32. The van der Waals surface area contributed by atoms with E-state index in [9.17, 15) is 26.3 Å². The lowest BCUT2D eigenvalue weighted by Gasteiger charge is -2.16. The number of nitrogens with one attached hydrogen (secondary N) is 1. The van der Waals surface area contributed by atoms with E-state index in [-0.39, 0.29) is 28.0 Å². The monoisotopic (exact) mass is 519 g/mol. The highest BCUT2D eigenvalue weighted by molar-refractivity contribution is 6.28. The molecule has 0 aliphatic heterocycles. The second-order valence-corrected chi connectivity index (χ2v) is 7.83. The minimum Gasteiger partial charge on any atom is -0.481 e. The van der Waals surface area contributed by atoms with Gasteiger partial charge in [0.05, 0.1) is 25.0 Å². The number of nitrogens with zero attached hydrogens (tertiary/aromatic N) is 6. The molecular formula is C20H16ClF6N7O. The molecule has 0 spiro atoms. The molecule has 3 aromatic heterocycles. The normalized spacial score (nSPS) is 13.4. The SMILES string of the molecule is COc1cc(C(F)(F)F)nn1-c1ccc(C(C)n2c(=N)n(CC(F)(F)F)c3cnc(Cl)nc32)cc1. The van der Waals surface area contributed by atoms with Crippen molar-refractivity contribution >= 4 is 22.8 Å². The van der Waals surface area contributed by atoms with Gasteiger partial charge in [0.1, 0.15) is 12.1 Å². The molecule has 0 amide bonds. The van der Waals surface area contributed by atoms with Gasteiger partial charge >= 0.3 is 12.4 Å². The molecule has 15 heteroatoms. The van der Waals surface area contributed by atoms with Crippen LogP contribution in [0, 0.1) is 5.41 Å². The Morgan fingerprint density at radius 3 is 2.34 bits per heavy atom. The summed E-state index contributed by atoms with van der Waals surface area (Å²) >= 11 is 5.86. The Hall–Kier alpha value is -3.55. The maximum atomic E-state index is 13.1. The summed E-state index contributed by atoms with van der Waals surface area (Å²) in [7, 11) is 1.21. The molecule has 0 saturated heterocycles. The number of aromatic nitrogens is 6. The molecule has 0 saturated carbocycles. The van der Waals surface area contributed by atoms with E-state index in [1.54, 1.807) is 19.1 Å². The first kappa shape index (κ1) is 24.6. The van der Waals surface area contributed by atoms with E-state index in [1.165, 1.54) is 23.8 Å². The van der Waals surface area contributed by atoms with Gasteiger partial charge < -0.3 is 4.74 Å². The molecule has 4 aromatic rings. The van der Waals surface area contributed by atoms with Crippen molar-refractivity contribution in [2.75, 3.05) is 7.11 Å². The predicted molar refractivity (Wildman–Crippen MR) is 111 cm³/mol. The molecule has 0 bridgehead atoms. The summed E-state index contributed by atoms with van der Waals surface area (Å²) in [5.74, 6) is -0.137. The van der Waals surface area contributed by atoms with Crippen LogP contribution in [-0.4, -0.2) is 42.2 Å². The summed E-state index contributed by atoms with van der Waals surface area (Å²) in [6.45, 7) is 0.212. The van der Waals surface area contributed by atoms with Crippen LogP contribution in [0.2, 0.25) is 5.28 Å². The van der Waals surface area contributed by atoms with Gasteiger partial charge in [0.2, 0.25) is 16.8 Å². The van der Waals surface area contributed by atoms with Crippen LogP contribution in [0.4, 0.5) is 26.3 Å². The summed E-state index contributed by atoms with van der Waals surface area (Å²) in [5, 5.41) is 11.7. The van der Waals surface area contributed by atoms with Gasteiger partial charge in [0.15, 0.2) is 11.3 Å². The van der Waals surface area contributed by atoms with Crippen molar-refractivity contribution in [3.05, 3.63) is 58.7 Å². The molecule has 0 fully saturated rings. The standard InChI is InChI=1S/C20H16ClF6N7O/c1-10(33-16-13(8-29-17(21)30-16)32(18(33)28)9-19(22,23)24)11-3-5-12(6-4-11)34-15(35-2)7-14(31-34)20(25,26)27/h3-8,10,28H,9H2,1-2H3. The Kier molecular flexibility index (Phi) is 6.03. The van der Waals surface area contributed by atoms with Crippen molar-refractivity contribution in [3.8, 4) is 11.6 Å². The fourth-order valence-corrected chi connectivity index (χ4v) is 3.77. The largest absolute Gasteiger partial charge is 0.481 e. The summed E-state index contributed by atoms with van der Waals surface area (Å²) < 4.78 is 86.5. The number of fused-ring (bicyclic) bond motifs is 1. The molecule has 0 radical (unpaired) electrons. The zero-order valence-electron chi connectivity index (χ0n) is 18.0. The van der Waals surface area contributed by atoms with Crippen LogP contribution in [0.1, 0.15) is 24.2 Å². The first-order valence-electron chi connectivity index (χ1n) is 9.86. The average Bonchev–Trinajstić information content (AvgIpc) is 3.32. The Labute approximate surface area is 197 Å². The van der Waals surface area contributed by atoms with Gasteiger partial charge in [-0.1, -0.05) is 12.1 Å². The number of imidazole rings is 1. The van der Waals surface area contributed by atoms with Gasteiger partial charge in [-0.05, 0) is 36.2 Å². The molecule has 1 N–H and O–H groups in total. The summed E-state index contributed by atoms with van der Waals surface area (Å²) in [6.07, 6.45) is -8.15. The van der Waals surface area contributed by atoms with Crippen molar-refractivity contribution in [2.45, 2.75) is 31.9 Å². The van der Waals surface area contributed by atoms with Gasteiger partial charge in [-0.15, -0.1) is 0 Å². The van der Waals surface area contributed by atoms with E-state index in [0.29, 0.717) is 5.56 Å². The Morgan fingerprint density at radius 2 is 1.77 bits per heavy atom. The number of ether oxygens (including phenoxy) is 1. The van der Waals surface area contributed by atoms with E-state index in [2.05, 4.69) is 15.1 Å². The van der Waals surface area contributed by atoms with Crippen LogP contribution < -0.4 is 10.4 Å². The molecule has 0 aliphatic rings. The van der Waals surface area contributed by atoms with Crippen LogP contribution in [0.3, 0.4) is 0 Å². The molecule has 8 nitrogen and oxygen atoms in total. The van der Waals surface area contributed by atoms with Crippen molar-refractivity contribution in [3.63, 3.8) is 0 Å². The molecule has 1 atom stereocenters. The van der Waals surface area contributed by atoms with Gasteiger partial charge in [-0.25, -0.2) is 9.67 Å². The first-order chi connectivity index (χ1) is 16.3. The highest BCUT2D eigenvalue weighted by atomic mass is 35.5. The summed E-state index contributed by atoms with van der Waals surface area (Å²) in [5.41, 5.74) is -0.811. The van der Waals surface area contributed by atoms with E-state index in [4.69, 9.17) is 21.7 Å². The van der Waals surface area contributed by atoms with Crippen LogP contribution in [0.15, 0.2) is 36.5 Å². The second kappa shape index (κ2) is 8.59. The number of benzene rings is 1. The van der Waals surface area contributed by atoms with E-state index >= 15 is 0 Å². The molecule has 186 valence electrons. The third-order valence-corrected chi connectivity index (χ3v) is 5.43. The number of rotatable bonds is 5. The zero-order valence-corrected chi connectivity index (χ0v) is 18.7. The quantitative estimate of drug-likeness (QED) is 0.304. The smallest absolute Gasteiger partial charge is 0.435 e. The van der Waals surface area contributed by atoms with Gasteiger partial charge in [-0.2, -0.15) is 36.4 Å². The Balaban J connectivity index is 1.76. The van der Waals surface area contributed by atoms with Gasteiger partial charge in [0, 0.05) is 6.07 Å². The first-order valence-corrected chi connectivity index (χ1v) is 10.2. The summed E-state index contributed by atoms with van der Waals surface area (Å²) in [4.78, 5) is 7.75. The third-order valence-electron chi connectivity index (χ3n) is 5.24. The molecule has 0 aliphatic carbocycles. The molecule has 1 aromatic carbocycles. The number of halogens is 7. The lowest BCUT2D eigenvalue weighted by Crippen LogP contribution is -2.31. The van der Waals surface area contributed by atoms with Crippen molar-refractivity contribution in [1.29, 1.82) is 5.41 Å². The minimum atomic E-state index is -4.66. The van der Waals surface area contributed by atoms with Crippen molar-refractivity contribution in [1.82, 2.24) is 28.9 Å². The summed E-state index contributed by atoms with van der Waals surface area (Å²) in [6, 6.07) is 6.13.